The lowest BCUT2D eigenvalue weighted by Crippen LogP contribution is -2.42. The van der Waals surface area contributed by atoms with Crippen molar-refractivity contribution in [3.8, 4) is 0 Å². The highest BCUT2D eigenvalue weighted by molar-refractivity contribution is 7.75. The number of ether oxygens (including phenoxy) is 1. The first-order valence-corrected chi connectivity index (χ1v) is 4.75. The lowest BCUT2D eigenvalue weighted by molar-refractivity contribution is -0.159. The van der Waals surface area contributed by atoms with Crippen molar-refractivity contribution in [2.75, 3.05) is 6.61 Å². The van der Waals surface area contributed by atoms with E-state index in [-0.39, 0.29) is 18.5 Å². The molecule has 3 unspecified atom stereocenters. The van der Waals surface area contributed by atoms with Crippen LogP contribution in [-0.4, -0.2) is 25.1 Å². The average molecular weight is 230 g/mol. The van der Waals surface area contributed by atoms with Gasteiger partial charge in [0.1, 0.15) is 6.10 Å². The summed E-state index contributed by atoms with van der Waals surface area (Å²) in [4.78, 5) is 0. The normalized spacial score (nSPS) is 36.8. The van der Waals surface area contributed by atoms with Gasteiger partial charge in [-0.25, -0.2) is 0 Å². The monoisotopic (exact) mass is 230 g/mol. The molecule has 1 heterocycles. The van der Waals surface area contributed by atoms with Crippen LogP contribution in [0.4, 0.5) is 0 Å². The molecule has 0 bridgehead atoms. The molecule has 5 atom stereocenters. The number of hydrogen-bond donors (Lipinski definition) is 1. The molecule has 0 N–H and O–H groups in total. The molecule has 1 fully saturated rings. The van der Waals surface area contributed by atoms with E-state index in [0.717, 1.165) is 0 Å². The van der Waals surface area contributed by atoms with Crippen LogP contribution < -0.4 is 0 Å². The third-order valence-electron chi connectivity index (χ3n) is 1.75. The topological polar surface area (TPSA) is 36.9 Å². The Morgan fingerprint density at radius 3 is 2.42 bits per heavy atom. The molecule has 0 saturated carbocycles. The molecule has 0 aromatic heterocycles. The fourth-order valence-electron chi connectivity index (χ4n) is 1.06. The van der Waals surface area contributed by atoms with Crippen LogP contribution >= 0.6 is 31.8 Å². The van der Waals surface area contributed by atoms with Gasteiger partial charge in [0.05, 0.1) is 12.7 Å². The van der Waals surface area contributed by atoms with E-state index >= 15 is 0 Å². The highest BCUT2D eigenvalue weighted by Gasteiger charge is 2.31. The average Bonchev–Trinajstić information content (AvgIpc) is 2.16. The van der Waals surface area contributed by atoms with Crippen molar-refractivity contribution >= 4 is 31.8 Å². The van der Waals surface area contributed by atoms with Gasteiger partial charge in [0.15, 0.2) is 6.29 Å². The fourth-order valence-corrected chi connectivity index (χ4v) is 1.75. The van der Waals surface area contributed by atoms with E-state index in [1.165, 1.54) is 0 Å². The zero-order valence-electron chi connectivity index (χ0n) is 6.38. The maximum atomic E-state index is 5.24. The molecule has 0 amide bonds. The summed E-state index contributed by atoms with van der Waals surface area (Å²) in [7, 11) is 4.41. The summed E-state index contributed by atoms with van der Waals surface area (Å²) in [5.74, 6) is 0. The van der Waals surface area contributed by atoms with Crippen molar-refractivity contribution in [2.45, 2.75) is 24.9 Å². The summed E-state index contributed by atoms with van der Waals surface area (Å²) in [5, 5.41) is 0. The number of thiol groups is 1. The molecular formula is C5H12O4P2S. The summed E-state index contributed by atoms with van der Waals surface area (Å²) < 4.78 is 20.1. The zero-order chi connectivity index (χ0) is 8.97. The predicted molar refractivity (Wildman–Crippen MR) is 53.6 cm³/mol. The van der Waals surface area contributed by atoms with Crippen LogP contribution in [-0.2, 0) is 18.0 Å². The van der Waals surface area contributed by atoms with Gasteiger partial charge < -0.3 is 13.8 Å². The second kappa shape index (κ2) is 5.71. The molecule has 1 rings (SSSR count). The first-order chi connectivity index (χ1) is 5.81. The van der Waals surface area contributed by atoms with Gasteiger partial charge in [0, 0.05) is 25.4 Å². The molecule has 0 radical (unpaired) electrons. The Morgan fingerprint density at radius 2 is 1.92 bits per heavy atom. The molecule has 7 heteroatoms. The van der Waals surface area contributed by atoms with E-state index in [1.54, 1.807) is 0 Å². The molecule has 4 nitrogen and oxygen atoms in total. The predicted octanol–water partition coefficient (Wildman–Crippen LogP) is 0.945. The molecule has 0 aromatic rings. The van der Waals surface area contributed by atoms with Crippen LogP contribution in [0.1, 0.15) is 6.42 Å². The Labute approximate surface area is 81.8 Å². The van der Waals surface area contributed by atoms with Crippen molar-refractivity contribution < 1.29 is 18.0 Å². The van der Waals surface area contributed by atoms with Crippen molar-refractivity contribution in [3.63, 3.8) is 0 Å². The van der Waals surface area contributed by atoms with Gasteiger partial charge >= 0.3 is 0 Å². The number of hydrogen-bond acceptors (Lipinski definition) is 5. The van der Waals surface area contributed by atoms with Crippen molar-refractivity contribution in [1.82, 2.24) is 0 Å². The van der Waals surface area contributed by atoms with Crippen molar-refractivity contribution in [1.29, 1.82) is 0 Å². The molecule has 72 valence electrons. The van der Waals surface area contributed by atoms with Gasteiger partial charge in [-0.15, -0.1) is 0 Å². The first-order valence-electron chi connectivity index (χ1n) is 3.44. The summed E-state index contributed by atoms with van der Waals surface area (Å²) in [6, 6.07) is 0. The van der Waals surface area contributed by atoms with Crippen LogP contribution in [0.5, 0.6) is 0 Å². The molecule has 12 heavy (non-hydrogen) atoms. The van der Waals surface area contributed by atoms with Gasteiger partial charge in [0.2, 0.25) is 0 Å². The zero-order valence-corrected chi connectivity index (χ0v) is 9.58. The molecular weight excluding hydrogens is 218 g/mol. The Bertz CT molecular complexity index is 139. The Hall–Kier alpha value is 1.05. The minimum Gasteiger partial charge on any atom is -0.359 e. The summed E-state index contributed by atoms with van der Waals surface area (Å²) in [6.45, 7) is 0.452. The lowest BCUT2D eigenvalue weighted by atomic mass is 10.1. The third-order valence-corrected chi connectivity index (χ3v) is 2.69. The van der Waals surface area contributed by atoms with Crippen LogP contribution in [0, 0.1) is 0 Å². The lowest BCUT2D eigenvalue weighted by Gasteiger charge is -2.32. The smallest absolute Gasteiger partial charge is 0.172 e. The second-order valence-electron chi connectivity index (χ2n) is 2.45. The van der Waals surface area contributed by atoms with Gasteiger partial charge in [-0.05, 0) is 12.9 Å². The third kappa shape index (κ3) is 2.78. The van der Waals surface area contributed by atoms with E-state index in [0.29, 0.717) is 13.0 Å². The summed E-state index contributed by atoms with van der Waals surface area (Å²) in [5.41, 5.74) is 0. The van der Waals surface area contributed by atoms with E-state index in [2.05, 4.69) is 31.8 Å². The van der Waals surface area contributed by atoms with Crippen LogP contribution in [0.15, 0.2) is 0 Å². The molecule has 0 spiro atoms. The highest BCUT2D eigenvalue weighted by Crippen LogP contribution is 2.23. The molecule has 1 aliphatic rings. The standard InChI is InChI=1S/C5H12O4P2S/c10-7-3-1-5(9-12)6-2-4(3)8-11/h3-5,12H,1-2,10-11H2/t3-,4+,5?/m0/s1. The molecule has 1 saturated heterocycles. The van der Waals surface area contributed by atoms with Gasteiger partial charge in [-0.2, -0.15) is 0 Å². The van der Waals surface area contributed by atoms with E-state index in [4.69, 9.17) is 18.0 Å². The fraction of sp³-hybridized carbons (Fsp3) is 1.00. The molecule has 0 aromatic carbocycles. The van der Waals surface area contributed by atoms with Crippen LogP contribution in [0.3, 0.4) is 0 Å². The SMILES string of the molecule is PO[C@H]1CC(OS)OC[C@H]1OP. The Balaban J connectivity index is 2.41. The molecule has 1 aliphatic heterocycles. The van der Waals surface area contributed by atoms with Gasteiger partial charge in [-0.1, -0.05) is 0 Å². The van der Waals surface area contributed by atoms with E-state index in [1.807, 2.05) is 0 Å². The van der Waals surface area contributed by atoms with Crippen molar-refractivity contribution in [2.24, 2.45) is 0 Å². The Morgan fingerprint density at radius 1 is 1.25 bits per heavy atom. The number of rotatable bonds is 3. The quantitative estimate of drug-likeness (QED) is 0.445. The highest BCUT2D eigenvalue weighted by atomic mass is 32.1. The van der Waals surface area contributed by atoms with Gasteiger partial charge in [-0.3, -0.25) is 4.18 Å². The van der Waals surface area contributed by atoms with Crippen molar-refractivity contribution in [3.05, 3.63) is 0 Å². The van der Waals surface area contributed by atoms with E-state index in [9.17, 15) is 0 Å². The van der Waals surface area contributed by atoms with Gasteiger partial charge in [0.25, 0.3) is 0 Å². The maximum Gasteiger partial charge on any atom is 0.172 e. The Kier molecular flexibility index (Phi) is 5.30. The maximum absolute atomic E-state index is 5.24. The molecule has 0 aliphatic carbocycles. The summed E-state index contributed by atoms with van der Waals surface area (Å²) in [6.07, 6.45) is 0.215. The second-order valence-corrected chi connectivity index (χ2v) is 3.21. The van der Waals surface area contributed by atoms with Crippen LogP contribution in [0.2, 0.25) is 0 Å². The largest absolute Gasteiger partial charge is 0.359 e. The minimum absolute atomic E-state index is 0.0293. The van der Waals surface area contributed by atoms with E-state index < -0.39 is 0 Å². The van der Waals surface area contributed by atoms with Crippen LogP contribution in [0.25, 0.3) is 0 Å². The first kappa shape index (κ1) is 11.1. The summed E-state index contributed by atoms with van der Waals surface area (Å²) >= 11 is 3.67. The minimum atomic E-state index is -0.310.